The largest absolute Gasteiger partial charge is 0.399 e. The van der Waals surface area contributed by atoms with E-state index in [9.17, 15) is 4.21 Å². The van der Waals surface area contributed by atoms with Gasteiger partial charge in [0.1, 0.15) is 9.92 Å². The normalized spacial score (nSPS) is 18.6. The second kappa shape index (κ2) is 5.28. The first-order chi connectivity index (χ1) is 8.49. The van der Waals surface area contributed by atoms with Crippen LogP contribution >= 0.6 is 0 Å². The van der Waals surface area contributed by atoms with Gasteiger partial charge in [-0.2, -0.15) is 0 Å². The Labute approximate surface area is 109 Å². The topological polar surface area (TPSA) is 67.5 Å². The van der Waals surface area contributed by atoms with Crippen molar-refractivity contribution in [1.29, 1.82) is 0 Å². The maximum absolute atomic E-state index is 13.0. The maximum atomic E-state index is 13.0. The second-order valence-corrected chi connectivity index (χ2v) is 7.21. The van der Waals surface area contributed by atoms with E-state index >= 15 is 0 Å². The van der Waals surface area contributed by atoms with E-state index < -0.39 is 9.92 Å². The highest BCUT2D eigenvalue weighted by atomic mass is 32.2. The molecule has 1 fully saturated rings. The molecule has 1 aromatic rings. The number of hydrogen-bond donors (Lipinski definition) is 2. The number of nitrogens with one attached hydrogen (secondary N) is 1. The van der Waals surface area contributed by atoms with Gasteiger partial charge in [-0.1, -0.05) is 19.9 Å². The van der Waals surface area contributed by atoms with Crippen LogP contribution in [-0.2, 0) is 9.92 Å². The molecule has 0 amide bonds. The first-order valence-electron chi connectivity index (χ1n) is 6.35. The molecule has 1 aromatic carbocycles. The summed E-state index contributed by atoms with van der Waals surface area (Å²) in [6, 6.07) is 7.54. The maximum Gasteiger partial charge on any atom is 0.137 e. The molecule has 0 heterocycles. The average molecular weight is 267 g/mol. The van der Waals surface area contributed by atoms with Gasteiger partial charge in [0.25, 0.3) is 0 Å². The van der Waals surface area contributed by atoms with Crippen LogP contribution in [0, 0.1) is 5.92 Å². The van der Waals surface area contributed by atoms with Crippen LogP contribution in [0.15, 0.2) is 33.5 Å². The smallest absolute Gasteiger partial charge is 0.137 e. The van der Waals surface area contributed by atoms with Crippen LogP contribution in [0.5, 0.6) is 0 Å². The van der Waals surface area contributed by atoms with Gasteiger partial charge in [0.15, 0.2) is 0 Å². The molecule has 0 saturated heterocycles. The first kappa shape index (κ1) is 13.4. The lowest BCUT2D eigenvalue weighted by Gasteiger charge is -2.13. The van der Waals surface area contributed by atoms with Gasteiger partial charge < -0.3 is 5.73 Å². The Bertz CT molecular complexity index is 529. The standard InChI is InChI=1S/C13H21N3OS/c1-10(2)9-15-18(17,16-12-6-7-12)13-5-3-4-11(14)8-13/h3-5,8,10,12H,6-7,9,14H2,1-2H3,(H,15,16,17). The summed E-state index contributed by atoms with van der Waals surface area (Å²) in [5, 5.41) is 0. The number of rotatable bonds is 5. The van der Waals surface area contributed by atoms with Crippen molar-refractivity contribution >= 4 is 15.6 Å². The van der Waals surface area contributed by atoms with Gasteiger partial charge in [-0.05, 0) is 37.0 Å². The van der Waals surface area contributed by atoms with Gasteiger partial charge in [-0.3, -0.25) is 0 Å². The van der Waals surface area contributed by atoms with E-state index in [0.717, 1.165) is 12.8 Å². The Morgan fingerprint density at radius 1 is 1.50 bits per heavy atom. The van der Waals surface area contributed by atoms with E-state index in [1.807, 2.05) is 12.1 Å². The van der Waals surface area contributed by atoms with Gasteiger partial charge in [0.05, 0.1) is 11.4 Å². The van der Waals surface area contributed by atoms with Crippen molar-refractivity contribution in [3.05, 3.63) is 24.3 Å². The van der Waals surface area contributed by atoms with E-state index in [2.05, 4.69) is 22.9 Å². The van der Waals surface area contributed by atoms with Crippen molar-refractivity contribution in [2.75, 3.05) is 12.3 Å². The van der Waals surface area contributed by atoms with Gasteiger partial charge >= 0.3 is 0 Å². The summed E-state index contributed by atoms with van der Waals surface area (Å²) in [6.07, 6.45) is 2.16. The molecule has 1 saturated carbocycles. The molecule has 18 heavy (non-hydrogen) atoms. The second-order valence-electron chi connectivity index (χ2n) is 5.20. The summed E-state index contributed by atoms with van der Waals surface area (Å²) in [5.41, 5.74) is 6.39. The van der Waals surface area contributed by atoms with Crippen LogP contribution in [0.4, 0.5) is 5.69 Å². The van der Waals surface area contributed by atoms with Gasteiger partial charge in [-0.15, -0.1) is 0 Å². The minimum absolute atomic E-state index is 0.342. The number of nitrogen functional groups attached to an aromatic ring is 1. The molecular weight excluding hydrogens is 246 g/mol. The van der Waals surface area contributed by atoms with Gasteiger partial charge in [0.2, 0.25) is 0 Å². The van der Waals surface area contributed by atoms with Crippen molar-refractivity contribution in [2.24, 2.45) is 10.3 Å². The predicted molar refractivity (Wildman–Crippen MR) is 75.6 cm³/mol. The Morgan fingerprint density at radius 3 is 2.78 bits per heavy atom. The first-order valence-corrected chi connectivity index (χ1v) is 7.87. The molecule has 1 aliphatic carbocycles. The van der Waals surface area contributed by atoms with Crippen molar-refractivity contribution in [1.82, 2.24) is 4.72 Å². The molecule has 0 aromatic heterocycles. The molecular formula is C13H21N3OS. The molecule has 1 unspecified atom stereocenters. The molecule has 2 rings (SSSR count). The predicted octanol–water partition coefficient (Wildman–Crippen LogP) is 2.42. The highest BCUT2D eigenvalue weighted by Crippen LogP contribution is 2.24. The van der Waals surface area contributed by atoms with Crippen molar-refractivity contribution in [2.45, 2.75) is 37.6 Å². The number of hydrogen-bond acceptors (Lipinski definition) is 3. The average Bonchev–Trinajstić information content (AvgIpc) is 3.10. The summed E-state index contributed by atoms with van der Waals surface area (Å²) in [7, 11) is -2.53. The third-order valence-electron chi connectivity index (χ3n) is 2.70. The summed E-state index contributed by atoms with van der Waals surface area (Å²) >= 11 is 0. The Balaban J connectivity index is 2.34. The fraction of sp³-hybridized carbons (Fsp3) is 0.538. The van der Waals surface area contributed by atoms with E-state index in [1.54, 1.807) is 12.1 Å². The Kier molecular flexibility index (Phi) is 3.92. The third kappa shape index (κ3) is 3.46. The zero-order valence-corrected chi connectivity index (χ0v) is 11.7. The van der Waals surface area contributed by atoms with Gasteiger partial charge in [-0.25, -0.2) is 13.3 Å². The molecule has 1 atom stereocenters. The van der Waals surface area contributed by atoms with Crippen molar-refractivity contribution in [3.63, 3.8) is 0 Å². The molecule has 100 valence electrons. The number of nitrogens with two attached hydrogens (primary N) is 1. The molecule has 0 spiro atoms. The van der Waals surface area contributed by atoms with Crippen LogP contribution < -0.4 is 10.5 Å². The highest BCUT2D eigenvalue weighted by Gasteiger charge is 2.27. The number of anilines is 1. The quantitative estimate of drug-likeness (QED) is 0.804. The van der Waals surface area contributed by atoms with Crippen molar-refractivity contribution in [3.8, 4) is 0 Å². The molecule has 1 aliphatic rings. The van der Waals surface area contributed by atoms with Crippen molar-refractivity contribution < 1.29 is 4.21 Å². The lowest BCUT2D eigenvalue weighted by atomic mass is 10.2. The van der Waals surface area contributed by atoms with E-state index in [4.69, 9.17) is 5.73 Å². The summed E-state index contributed by atoms with van der Waals surface area (Å²) in [4.78, 5) is 0.690. The minimum atomic E-state index is -2.53. The SMILES string of the molecule is CC(C)CN=S(=O)(NC1CC1)c1cccc(N)c1. The molecule has 3 N–H and O–H groups in total. The summed E-state index contributed by atoms with van der Waals surface area (Å²) in [5.74, 6) is 0.396. The number of benzene rings is 1. The van der Waals surface area contributed by atoms with Crippen LogP contribution in [0.1, 0.15) is 26.7 Å². The monoisotopic (exact) mass is 267 g/mol. The molecule has 5 heteroatoms. The third-order valence-corrected chi connectivity index (χ3v) is 4.76. The fourth-order valence-corrected chi connectivity index (χ4v) is 3.66. The van der Waals surface area contributed by atoms with Crippen LogP contribution in [0.3, 0.4) is 0 Å². The Morgan fingerprint density at radius 2 is 2.22 bits per heavy atom. The van der Waals surface area contributed by atoms with E-state index in [0.29, 0.717) is 29.1 Å². The van der Waals surface area contributed by atoms with E-state index in [-0.39, 0.29) is 0 Å². The zero-order chi connectivity index (χ0) is 13.2. The molecule has 0 bridgehead atoms. The molecule has 0 radical (unpaired) electrons. The number of nitrogens with zero attached hydrogens (tertiary/aromatic N) is 1. The lowest BCUT2D eigenvalue weighted by molar-refractivity contribution is 0.640. The minimum Gasteiger partial charge on any atom is -0.399 e. The Hall–Kier alpha value is -1.07. The summed E-state index contributed by atoms with van der Waals surface area (Å²) in [6.45, 7) is 4.73. The highest BCUT2D eigenvalue weighted by molar-refractivity contribution is 7.91. The van der Waals surface area contributed by atoms with Gasteiger partial charge in [0, 0.05) is 11.7 Å². The summed E-state index contributed by atoms with van der Waals surface area (Å²) < 4.78 is 20.5. The molecule has 4 nitrogen and oxygen atoms in total. The lowest BCUT2D eigenvalue weighted by Crippen LogP contribution is -2.26. The van der Waals surface area contributed by atoms with Crippen LogP contribution in [0.2, 0.25) is 0 Å². The van der Waals surface area contributed by atoms with Crippen LogP contribution in [-0.4, -0.2) is 16.8 Å². The van der Waals surface area contributed by atoms with Crippen LogP contribution in [0.25, 0.3) is 0 Å². The molecule has 0 aliphatic heterocycles. The van der Waals surface area contributed by atoms with E-state index in [1.165, 1.54) is 0 Å². The fourth-order valence-electron chi connectivity index (χ4n) is 1.55. The zero-order valence-electron chi connectivity index (χ0n) is 10.9.